The molecule has 0 radical (unpaired) electrons. The molecule has 4 aromatic rings. The Morgan fingerprint density at radius 1 is 1.02 bits per heavy atom. The van der Waals surface area contributed by atoms with Gasteiger partial charge in [-0.1, -0.05) is 65.6 Å². The van der Waals surface area contributed by atoms with E-state index in [2.05, 4.69) is 42.4 Å². The number of benzene rings is 2. The lowest BCUT2D eigenvalue weighted by Gasteiger charge is -2.22. The number of aromatic nitrogens is 1. The van der Waals surface area contributed by atoms with Crippen LogP contribution in [0, 0.1) is 13.8 Å². The number of nitrogens with zero attached hydrogens (tertiary/aromatic N) is 2. The van der Waals surface area contributed by atoms with Crippen LogP contribution in [0.15, 0.2) is 51.9 Å². The predicted molar refractivity (Wildman–Crippen MR) is 181 cm³/mol. The SMILES string of the molecule is CCC(=C\c1sc2c(C)c(C)sc2[n+]1CCCS(=O)(=O)O)/C=C1/Sc2cc(OC)c3ccccc3c2N1CCCS(=O)(=O)O. The van der Waals surface area contributed by atoms with E-state index in [-0.39, 0.29) is 24.3 Å². The summed E-state index contributed by atoms with van der Waals surface area (Å²) < 4.78 is 73.7. The third-order valence-electron chi connectivity index (χ3n) is 7.54. The lowest BCUT2D eigenvalue weighted by molar-refractivity contribution is -0.666. The van der Waals surface area contributed by atoms with Gasteiger partial charge < -0.3 is 9.64 Å². The van der Waals surface area contributed by atoms with Crippen molar-refractivity contribution in [1.82, 2.24) is 0 Å². The van der Waals surface area contributed by atoms with Crippen molar-refractivity contribution in [1.29, 1.82) is 0 Å². The summed E-state index contributed by atoms with van der Waals surface area (Å²) in [5.74, 6) is 0.113. The van der Waals surface area contributed by atoms with E-state index >= 15 is 0 Å². The van der Waals surface area contributed by atoms with Gasteiger partial charge in [-0.25, -0.2) is 0 Å². The zero-order valence-electron chi connectivity index (χ0n) is 24.9. The van der Waals surface area contributed by atoms with Crippen molar-refractivity contribution in [2.45, 2.75) is 51.5 Å². The molecule has 0 aliphatic carbocycles. The van der Waals surface area contributed by atoms with E-state index in [1.54, 1.807) is 41.5 Å². The number of ether oxygens (including phenoxy) is 1. The monoisotopic (exact) mass is 695 g/mol. The van der Waals surface area contributed by atoms with E-state index < -0.39 is 20.2 Å². The Morgan fingerprint density at radius 3 is 2.36 bits per heavy atom. The molecule has 0 fully saturated rings. The fraction of sp³-hybridized carbons (Fsp3) is 0.367. The molecule has 1 aliphatic rings. The van der Waals surface area contributed by atoms with Crippen molar-refractivity contribution >= 4 is 86.7 Å². The van der Waals surface area contributed by atoms with Crippen molar-refractivity contribution in [2.24, 2.45) is 0 Å². The van der Waals surface area contributed by atoms with Gasteiger partial charge in [0.15, 0.2) is 6.54 Å². The lowest BCUT2D eigenvalue weighted by atomic mass is 10.1. The summed E-state index contributed by atoms with van der Waals surface area (Å²) in [6.07, 6.45) is 5.50. The average Bonchev–Trinajstić information content (AvgIpc) is 3.56. The molecule has 5 rings (SSSR count). The fourth-order valence-corrected chi connectivity index (χ4v) is 10.2. The van der Waals surface area contributed by atoms with E-state index in [0.29, 0.717) is 13.1 Å². The summed E-state index contributed by atoms with van der Waals surface area (Å²) in [5.41, 5.74) is 3.23. The molecule has 0 saturated carbocycles. The van der Waals surface area contributed by atoms with Crippen LogP contribution in [0.4, 0.5) is 5.69 Å². The van der Waals surface area contributed by atoms with Crippen LogP contribution in [0.2, 0.25) is 0 Å². The molecule has 2 N–H and O–H groups in total. The van der Waals surface area contributed by atoms with Gasteiger partial charge in [0.25, 0.3) is 30.1 Å². The maximum Gasteiger partial charge on any atom is 0.280 e. The number of thiazole rings is 1. The molecule has 2 aromatic carbocycles. The molecule has 236 valence electrons. The summed E-state index contributed by atoms with van der Waals surface area (Å²) >= 11 is 4.94. The van der Waals surface area contributed by atoms with Crippen LogP contribution in [0.5, 0.6) is 5.75 Å². The highest BCUT2D eigenvalue weighted by Gasteiger charge is 2.30. The van der Waals surface area contributed by atoms with Crippen molar-refractivity contribution in [3.8, 4) is 5.75 Å². The van der Waals surface area contributed by atoms with Crippen molar-refractivity contribution in [3.05, 3.63) is 62.5 Å². The normalized spacial score (nSPS) is 15.2. The number of thiophene rings is 1. The molecule has 0 amide bonds. The van der Waals surface area contributed by atoms with Gasteiger partial charge in [0.1, 0.15) is 10.4 Å². The zero-order valence-corrected chi connectivity index (χ0v) is 28.9. The fourth-order valence-electron chi connectivity index (χ4n) is 5.27. The Bertz CT molecular complexity index is 2010. The third-order valence-corrected chi connectivity index (χ3v) is 12.8. The van der Waals surface area contributed by atoms with E-state index in [1.807, 2.05) is 30.3 Å². The highest BCUT2D eigenvalue weighted by Crippen LogP contribution is 2.52. The molecule has 9 nitrogen and oxygen atoms in total. The number of methoxy groups -OCH3 is 1. The van der Waals surface area contributed by atoms with E-state index in [9.17, 15) is 25.9 Å². The van der Waals surface area contributed by atoms with Gasteiger partial charge >= 0.3 is 0 Å². The number of hydrogen-bond donors (Lipinski definition) is 2. The molecule has 0 saturated heterocycles. The van der Waals surface area contributed by atoms with Crippen LogP contribution in [-0.2, 0) is 26.8 Å². The van der Waals surface area contributed by atoms with Gasteiger partial charge in [-0.2, -0.15) is 21.4 Å². The number of anilines is 1. The predicted octanol–water partition coefficient (Wildman–Crippen LogP) is 6.83. The Hall–Kier alpha value is -2.46. The molecule has 14 heteroatoms. The van der Waals surface area contributed by atoms with Crippen LogP contribution in [-0.4, -0.2) is 51.1 Å². The van der Waals surface area contributed by atoms with Crippen LogP contribution < -0.4 is 14.2 Å². The molecule has 44 heavy (non-hydrogen) atoms. The van der Waals surface area contributed by atoms with Crippen molar-refractivity contribution < 1.29 is 35.2 Å². The van der Waals surface area contributed by atoms with Crippen LogP contribution in [0.1, 0.15) is 41.6 Å². The van der Waals surface area contributed by atoms with E-state index in [4.69, 9.17) is 4.74 Å². The number of aryl methyl sites for hydroxylation is 3. The summed E-state index contributed by atoms with van der Waals surface area (Å²) in [5, 5.41) is 3.87. The second-order valence-corrected chi connectivity index (χ2v) is 17.0. The number of hydrogen-bond acceptors (Lipinski definition) is 9. The summed E-state index contributed by atoms with van der Waals surface area (Å²) in [6, 6.07) is 9.97. The molecule has 0 atom stereocenters. The van der Waals surface area contributed by atoms with Crippen LogP contribution in [0.25, 0.3) is 26.4 Å². The Labute approximate surface area is 270 Å². The second-order valence-electron chi connectivity index (χ2n) is 10.6. The van der Waals surface area contributed by atoms with Crippen molar-refractivity contribution in [2.75, 3.05) is 30.1 Å². The summed E-state index contributed by atoms with van der Waals surface area (Å²) in [6.45, 7) is 7.09. The maximum atomic E-state index is 11.6. The summed E-state index contributed by atoms with van der Waals surface area (Å²) in [7, 11) is -6.52. The first-order valence-corrected chi connectivity index (χ1v) is 19.8. The van der Waals surface area contributed by atoms with Gasteiger partial charge in [-0.05, 0) is 50.0 Å². The Morgan fingerprint density at radius 2 is 1.70 bits per heavy atom. The smallest absolute Gasteiger partial charge is 0.280 e. The van der Waals surface area contributed by atoms with Gasteiger partial charge in [-0.15, -0.1) is 0 Å². The quantitative estimate of drug-likeness (QED) is 0.121. The topological polar surface area (TPSA) is 125 Å². The van der Waals surface area contributed by atoms with Crippen LogP contribution in [0.3, 0.4) is 0 Å². The minimum atomic E-state index is -4.11. The molecule has 1 aliphatic heterocycles. The Balaban J connectivity index is 1.58. The number of fused-ring (bicyclic) bond motifs is 4. The number of allylic oxidation sites excluding steroid dienone is 2. The number of thioether (sulfide) groups is 1. The molecule has 2 aromatic heterocycles. The average molecular weight is 696 g/mol. The molecule has 0 bridgehead atoms. The van der Waals surface area contributed by atoms with Gasteiger partial charge in [0, 0.05) is 39.6 Å². The largest absolute Gasteiger partial charge is 0.496 e. The first kappa shape index (κ1) is 32.9. The van der Waals surface area contributed by atoms with Gasteiger partial charge in [0.05, 0.1) is 29.3 Å². The highest BCUT2D eigenvalue weighted by atomic mass is 32.2. The molecule has 3 heterocycles. The standard InChI is InChI=1S/C30H34N2O7S5/c1-5-21(17-27-32(13-9-15-44(36,37)38)30-29(42-27)19(2)20(3)40-30)16-26-31(12-8-14-43(33,34)35)28-23-11-7-6-10-22(23)24(39-4)18-25(28)41-26/h6-7,10-11,16-18H,5,8-9,12-15H2,1-4H3,(H-,33,34,35,36,37,38)/p+1. The molecule has 0 unspecified atom stereocenters. The third kappa shape index (κ3) is 7.16. The van der Waals surface area contributed by atoms with E-state index in [1.165, 1.54) is 15.1 Å². The first-order chi connectivity index (χ1) is 20.8. The molecule has 0 spiro atoms. The van der Waals surface area contributed by atoms with Crippen LogP contribution >= 0.6 is 34.4 Å². The van der Waals surface area contributed by atoms with Crippen molar-refractivity contribution in [3.63, 3.8) is 0 Å². The van der Waals surface area contributed by atoms with Gasteiger partial charge in [-0.3, -0.25) is 9.11 Å². The zero-order chi connectivity index (χ0) is 31.8. The Kier molecular flexibility index (Phi) is 9.81. The second kappa shape index (κ2) is 13.1. The highest BCUT2D eigenvalue weighted by molar-refractivity contribution is 8.03. The maximum absolute atomic E-state index is 11.6. The summed E-state index contributed by atoms with van der Waals surface area (Å²) in [4.78, 5) is 5.42. The molecular formula is C30H35N2O7S5+. The molecular weight excluding hydrogens is 661 g/mol. The minimum Gasteiger partial charge on any atom is -0.496 e. The first-order valence-electron chi connectivity index (χ1n) is 14.1. The number of rotatable bonds is 12. The minimum absolute atomic E-state index is 0.245. The van der Waals surface area contributed by atoms with Gasteiger partial charge in [0.2, 0.25) is 0 Å². The van der Waals surface area contributed by atoms with E-state index in [0.717, 1.165) is 54.0 Å². The lowest BCUT2D eigenvalue weighted by Crippen LogP contribution is -2.35.